The highest BCUT2D eigenvalue weighted by Gasteiger charge is 2.25. The van der Waals surface area contributed by atoms with Gasteiger partial charge in [-0.25, -0.2) is 0 Å². The maximum absolute atomic E-state index is 5.33. The van der Waals surface area contributed by atoms with E-state index in [0.717, 1.165) is 25.2 Å². The first-order valence-corrected chi connectivity index (χ1v) is 4.78. The van der Waals surface area contributed by atoms with Gasteiger partial charge in [0.2, 0.25) is 0 Å². The van der Waals surface area contributed by atoms with Gasteiger partial charge in [0.25, 0.3) is 0 Å². The van der Waals surface area contributed by atoms with Crippen molar-refractivity contribution >= 4 is 0 Å². The maximum Gasteiger partial charge on any atom is 0.0469 e. The summed E-state index contributed by atoms with van der Waals surface area (Å²) in [6.45, 7) is 3.22. The zero-order chi connectivity index (χ0) is 7.52. The number of ether oxygens (including phenoxy) is 1. The van der Waals surface area contributed by atoms with Crippen molar-refractivity contribution in [3.05, 3.63) is 0 Å². The van der Waals surface area contributed by atoms with E-state index in [4.69, 9.17) is 4.74 Å². The van der Waals surface area contributed by atoms with Crippen LogP contribution in [-0.4, -0.2) is 25.8 Å². The van der Waals surface area contributed by atoms with Crippen LogP contribution < -0.4 is 5.32 Å². The van der Waals surface area contributed by atoms with Crippen molar-refractivity contribution in [2.75, 3.05) is 19.8 Å². The Balaban J connectivity index is 1.82. The molecular formula is C9H17NO. The summed E-state index contributed by atoms with van der Waals surface area (Å²) in [4.78, 5) is 0. The third kappa shape index (κ3) is 1.74. The lowest BCUT2D eigenvalue weighted by Crippen LogP contribution is -2.34. The normalized spacial score (nSPS) is 34.4. The first-order chi connectivity index (χ1) is 5.47. The van der Waals surface area contributed by atoms with Gasteiger partial charge in [-0.2, -0.15) is 0 Å². The highest BCUT2D eigenvalue weighted by atomic mass is 16.5. The average molecular weight is 155 g/mol. The number of rotatable bonds is 1. The van der Waals surface area contributed by atoms with Crippen molar-refractivity contribution in [2.45, 2.75) is 31.7 Å². The molecule has 2 aliphatic heterocycles. The molecule has 1 atom stereocenters. The molecule has 1 N–H and O–H groups in total. The second-order valence-corrected chi connectivity index (χ2v) is 3.65. The largest absolute Gasteiger partial charge is 0.381 e. The zero-order valence-corrected chi connectivity index (χ0v) is 7.01. The van der Waals surface area contributed by atoms with Crippen molar-refractivity contribution in [3.8, 4) is 0 Å². The molecule has 0 spiro atoms. The Labute approximate surface area is 68.3 Å². The van der Waals surface area contributed by atoms with Crippen LogP contribution in [0, 0.1) is 5.92 Å². The molecule has 0 aromatic heterocycles. The second-order valence-electron chi connectivity index (χ2n) is 3.65. The van der Waals surface area contributed by atoms with Crippen LogP contribution >= 0.6 is 0 Å². The van der Waals surface area contributed by atoms with Gasteiger partial charge in [-0.15, -0.1) is 0 Å². The Morgan fingerprint density at radius 1 is 1.09 bits per heavy atom. The molecule has 0 aliphatic carbocycles. The van der Waals surface area contributed by atoms with E-state index >= 15 is 0 Å². The third-order valence-electron chi connectivity index (χ3n) is 2.93. The Morgan fingerprint density at radius 2 is 1.91 bits per heavy atom. The summed E-state index contributed by atoms with van der Waals surface area (Å²) in [5.41, 5.74) is 0. The van der Waals surface area contributed by atoms with E-state index in [2.05, 4.69) is 5.32 Å². The van der Waals surface area contributed by atoms with Crippen molar-refractivity contribution in [1.29, 1.82) is 0 Å². The molecule has 2 aliphatic rings. The first-order valence-electron chi connectivity index (χ1n) is 4.78. The molecule has 2 heterocycles. The standard InChI is InChI=1S/C9H17NO/c1-2-9(10-5-1)8-3-6-11-7-4-8/h8-10H,1-7H2. The van der Waals surface area contributed by atoms with E-state index in [1.165, 1.54) is 32.2 Å². The third-order valence-corrected chi connectivity index (χ3v) is 2.93. The molecule has 2 nitrogen and oxygen atoms in total. The van der Waals surface area contributed by atoms with Crippen LogP contribution in [-0.2, 0) is 4.74 Å². The average Bonchev–Trinajstić information content (AvgIpc) is 2.58. The summed E-state index contributed by atoms with van der Waals surface area (Å²) >= 11 is 0. The summed E-state index contributed by atoms with van der Waals surface area (Å²) in [6, 6.07) is 0.818. The van der Waals surface area contributed by atoms with Gasteiger partial charge >= 0.3 is 0 Å². The predicted octanol–water partition coefficient (Wildman–Crippen LogP) is 1.17. The lowest BCUT2D eigenvalue weighted by Gasteiger charge is -2.27. The molecule has 64 valence electrons. The fourth-order valence-corrected chi connectivity index (χ4v) is 2.23. The minimum absolute atomic E-state index is 0.818. The van der Waals surface area contributed by atoms with Crippen LogP contribution in [0.25, 0.3) is 0 Å². The second kappa shape index (κ2) is 3.55. The minimum Gasteiger partial charge on any atom is -0.381 e. The molecule has 11 heavy (non-hydrogen) atoms. The molecule has 0 amide bonds. The van der Waals surface area contributed by atoms with E-state index < -0.39 is 0 Å². The van der Waals surface area contributed by atoms with Crippen LogP contribution in [0.2, 0.25) is 0 Å². The molecular weight excluding hydrogens is 138 g/mol. The zero-order valence-electron chi connectivity index (χ0n) is 7.01. The summed E-state index contributed by atoms with van der Waals surface area (Å²) in [5, 5.41) is 3.57. The van der Waals surface area contributed by atoms with Gasteiger partial charge in [0.15, 0.2) is 0 Å². The Bertz CT molecular complexity index is 115. The summed E-state index contributed by atoms with van der Waals surface area (Å²) in [7, 11) is 0. The van der Waals surface area contributed by atoms with Gasteiger partial charge < -0.3 is 10.1 Å². The van der Waals surface area contributed by atoms with Crippen LogP contribution in [0.3, 0.4) is 0 Å². The molecule has 0 radical (unpaired) electrons. The van der Waals surface area contributed by atoms with E-state index in [9.17, 15) is 0 Å². The smallest absolute Gasteiger partial charge is 0.0469 e. The molecule has 0 aromatic rings. The van der Waals surface area contributed by atoms with Gasteiger partial charge in [-0.1, -0.05) is 0 Å². The number of nitrogens with one attached hydrogen (secondary N) is 1. The van der Waals surface area contributed by atoms with E-state index in [0.29, 0.717) is 0 Å². The molecule has 2 fully saturated rings. The maximum atomic E-state index is 5.33. The Morgan fingerprint density at radius 3 is 2.55 bits per heavy atom. The summed E-state index contributed by atoms with van der Waals surface area (Å²) < 4.78 is 5.33. The van der Waals surface area contributed by atoms with E-state index in [1.807, 2.05) is 0 Å². The van der Waals surface area contributed by atoms with Crippen molar-refractivity contribution in [1.82, 2.24) is 5.32 Å². The van der Waals surface area contributed by atoms with Gasteiger partial charge in [-0.3, -0.25) is 0 Å². The lowest BCUT2D eigenvalue weighted by atomic mass is 9.91. The molecule has 2 saturated heterocycles. The van der Waals surface area contributed by atoms with Crippen LogP contribution in [0.5, 0.6) is 0 Å². The van der Waals surface area contributed by atoms with Crippen LogP contribution in [0.4, 0.5) is 0 Å². The highest BCUT2D eigenvalue weighted by molar-refractivity contribution is 4.82. The van der Waals surface area contributed by atoms with Gasteiger partial charge in [0, 0.05) is 19.3 Å². The quantitative estimate of drug-likeness (QED) is 0.613. The topological polar surface area (TPSA) is 21.3 Å². The Kier molecular flexibility index (Phi) is 2.44. The van der Waals surface area contributed by atoms with Gasteiger partial charge in [0.1, 0.15) is 0 Å². The minimum atomic E-state index is 0.818. The monoisotopic (exact) mass is 155 g/mol. The van der Waals surface area contributed by atoms with Gasteiger partial charge in [-0.05, 0) is 38.1 Å². The molecule has 0 bridgehead atoms. The predicted molar refractivity (Wildman–Crippen MR) is 44.6 cm³/mol. The van der Waals surface area contributed by atoms with E-state index in [-0.39, 0.29) is 0 Å². The first kappa shape index (κ1) is 7.56. The fraction of sp³-hybridized carbons (Fsp3) is 1.00. The van der Waals surface area contributed by atoms with Gasteiger partial charge in [0.05, 0.1) is 0 Å². The Hall–Kier alpha value is -0.0800. The fourth-order valence-electron chi connectivity index (χ4n) is 2.23. The molecule has 0 saturated carbocycles. The molecule has 2 heteroatoms. The summed E-state index contributed by atoms with van der Waals surface area (Å²) in [5.74, 6) is 0.909. The lowest BCUT2D eigenvalue weighted by molar-refractivity contribution is 0.0562. The van der Waals surface area contributed by atoms with Crippen molar-refractivity contribution in [3.63, 3.8) is 0 Å². The van der Waals surface area contributed by atoms with Crippen LogP contribution in [0.15, 0.2) is 0 Å². The number of hydrogen-bond acceptors (Lipinski definition) is 2. The van der Waals surface area contributed by atoms with Crippen LogP contribution in [0.1, 0.15) is 25.7 Å². The van der Waals surface area contributed by atoms with Crippen molar-refractivity contribution in [2.24, 2.45) is 5.92 Å². The molecule has 2 rings (SSSR count). The number of hydrogen-bond donors (Lipinski definition) is 1. The highest BCUT2D eigenvalue weighted by Crippen LogP contribution is 2.23. The van der Waals surface area contributed by atoms with E-state index in [1.54, 1.807) is 0 Å². The molecule has 1 unspecified atom stereocenters. The summed E-state index contributed by atoms with van der Waals surface area (Å²) in [6.07, 6.45) is 5.32. The van der Waals surface area contributed by atoms with Crippen molar-refractivity contribution < 1.29 is 4.74 Å². The SMILES string of the molecule is C1CNC(C2CCOCC2)C1. The molecule has 0 aromatic carbocycles.